The van der Waals surface area contributed by atoms with Crippen LogP contribution in [-0.4, -0.2) is 21.1 Å². The first kappa shape index (κ1) is 19.1. The van der Waals surface area contributed by atoms with Crippen molar-refractivity contribution in [3.05, 3.63) is 71.9 Å². The quantitative estimate of drug-likeness (QED) is 0.350. The lowest BCUT2D eigenvalue weighted by atomic mass is 10.1. The van der Waals surface area contributed by atoms with Gasteiger partial charge in [-0.3, -0.25) is 4.79 Å². The topological polar surface area (TPSA) is 78.7 Å². The summed E-state index contributed by atoms with van der Waals surface area (Å²) >= 11 is 2.97. The molecule has 0 aliphatic heterocycles. The first-order chi connectivity index (χ1) is 14.2. The molecule has 142 valence electrons. The van der Waals surface area contributed by atoms with Crippen molar-refractivity contribution in [1.82, 2.24) is 9.97 Å². The van der Waals surface area contributed by atoms with E-state index >= 15 is 0 Å². The van der Waals surface area contributed by atoms with Gasteiger partial charge in [-0.25, -0.2) is 9.97 Å². The molecule has 7 heteroatoms. The maximum atomic E-state index is 12.7. The van der Waals surface area contributed by atoms with Gasteiger partial charge in [0.15, 0.2) is 0 Å². The molecule has 2 heterocycles. The number of aromatic nitrogens is 2. The predicted octanol–water partition coefficient (Wildman–Crippen LogP) is 5.35. The molecule has 5 nitrogen and oxygen atoms in total. The van der Waals surface area contributed by atoms with Crippen LogP contribution in [0.25, 0.3) is 21.3 Å². The Bertz CT molecular complexity index is 1210. The third-order valence-electron chi connectivity index (χ3n) is 4.34. The molecular weight excluding hydrogens is 400 g/mol. The summed E-state index contributed by atoms with van der Waals surface area (Å²) in [7, 11) is 0. The number of carbonyl (C=O) groups is 1. The zero-order valence-electron chi connectivity index (χ0n) is 15.5. The van der Waals surface area contributed by atoms with Gasteiger partial charge in [-0.2, -0.15) is 5.26 Å². The van der Waals surface area contributed by atoms with Crippen LogP contribution < -0.4 is 5.32 Å². The van der Waals surface area contributed by atoms with Crippen LogP contribution in [0.3, 0.4) is 0 Å². The fraction of sp³-hybridized carbons (Fsp3) is 0.0909. The number of thiophene rings is 1. The number of anilines is 1. The number of hydrogen-bond acceptors (Lipinski definition) is 6. The highest BCUT2D eigenvalue weighted by Gasteiger charge is 2.20. The van der Waals surface area contributed by atoms with E-state index in [1.54, 1.807) is 35.6 Å². The molecular formula is C22H16N4OS2. The maximum absolute atomic E-state index is 12.7. The molecule has 4 aromatic rings. The number of amides is 1. The zero-order chi connectivity index (χ0) is 20.2. The lowest BCUT2D eigenvalue weighted by Gasteiger charge is -2.13. The largest absolute Gasteiger partial charge is 0.325 e. The minimum Gasteiger partial charge on any atom is -0.325 e. The number of fused-ring (bicyclic) bond motifs is 1. The molecule has 0 aliphatic carbocycles. The standard InChI is InChI=1S/C22H16N4OS2/c1-14(20(27)26-17-9-5-6-15(10-17)11-23)29-22-19-18(16-7-3-2-4-8-16)12-28-21(19)24-13-25-22/h2-10,12-14H,1H3,(H,26,27). The molecule has 1 amide bonds. The lowest BCUT2D eigenvalue weighted by molar-refractivity contribution is -0.115. The minimum absolute atomic E-state index is 0.145. The highest BCUT2D eigenvalue weighted by molar-refractivity contribution is 8.00. The molecule has 2 aromatic heterocycles. The molecule has 0 spiro atoms. The van der Waals surface area contributed by atoms with Crippen LogP contribution in [0.5, 0.6) is 0 Å². The van der Waals surface area contributed by atoms with Crippen LogP contribution in [0.15, 0.2) is 71.3 Å². The third-order valence-corrected chi connectivity index (χ3v) is 6.32. The summed E-state index contributed by atoms with van der Waals surface area (Å²) in [5.74, 6) is -0.145. The Morgan fingerprint density at radius 1 is 1.17 bits per heavy atom. The lowest BCUT2D eigenvalue weighted by Crippen LogP contribution is -2.22. The monoisotopic (exact) mass is 416 g/mol. The van der Waals surface area contributed by atoms with E-state index in [1.165, 1.54) is 18.1 Å². The van der Waals surface area contributed by atoms with E-state index in [4.69, 9.17) is 5.26 Å². The van der Waals surface area contributed by atoms with E-state index < -0.39 is 0 Å². The van der Waals surface area contributed by atoms with Crippen LogP contribution in [-0.2, 0) is 4.79 Å². The smallest absolute Gasteiger partial charge is 0.237 e. The van der Waals surface area contributed by atoms with Crippen molar-refractivity contribution in [1.29, 1.82) is 5.26 Å². The van der Waals surface area contributed by atoms with Gasteiger partial charge in [-0.1, -0.05) is 48.2 Å². The van der Waals surface area contributed by atoms with Gasteiger partial charge in [0.25, 0.3) is 0 Å². The zero-order valence-corrected chi connectivity index (χ0v) is 17.1. The van der Waals surface area contributed by atoms with Gasteiger partial charge < -0.3 is 5.32 Å². The summed E-state index contributed by atoms with van der Waals surface area (Å²) in [5.41, 5.74) is 3.28. The Hall–Kier alpha value is -3.21. The Balaban J connectivity index is 1.59. The molecule has 0 bridgehead atoms. The van der Waals surface area contributed by atoms with E-state index in [9.17, 15) is 4.79 Å². The molecule has 4 rings (SSSR count). The minimum atomic E-state index is -0.373. The molecule has 0 saturated carbocycles. The number of hydrogen-bond donors (Lipinski definition) is 1. The van der Waals surface area contributed by atoms with E-state index in [2.05, 4.69) is 38.9 Å². The Morgan fingerprint density at radius 2 is 2.00 bits per heavy atom. The molecule has 0 saturated heterocycles. The van der Waals surface area contributed by atoms with E-state index in [0.717, 1.165) is 26.4 Å². The SMILES string of the molecule is CC(Sc1ncnc2scc(-c3ccccc3)c12)C(=O)Nc1cccc(C#N)c1. The highest BCUT2D eigenvalue weighted by atomic mass is 32.2. The van der Waals surface area contributed by atoms with Gasteiger partial charge in [0.1, 0.15) is 16.2 Å². The van der Waals surface area contributed by atoms with Crippen LogP contribution in [0.1, 0.15) is 12.5 Å². The summed E-state index contributed by atoms with van der Waals surface area (Å²) < 4.78 is 0. The number of benzene rings is 2. The van der Waals surface area contributed by atoms with E-state index in [-0.39, 0.29) is 11.2 Å². The highest BCUT2D eigenvalue weighted by Crippen LogP contribution is 2.39. The number of thioether (sulfide) groups is 1. The maximum Gasteiger partial charge on any atom is 0.237 e. The van der Waals surface area contributed by atoms with Gasteiger partial charge >= 0.3 is 0 Å². The molecule has 1 N–H and O–H groups in total. The normalized spacial score (nSPS) is 11.7. The number of rotatable bonds is 5. The van der Waals surface area contributed by atoms with Crippen LogP contribution in [0.2, 0.25) is 0 Å². The van der Waals surface area contributed by atoms with Crippen molar-refractivity contribution in [3.8, 4) is 17.2 Å². The van der Waals surface area contributed by atoms with E-state index in [1.807, 2.05) is 25.1 Å². The van der Waals surface area contributed by atoms with E-state index in [0.29, 0.717) is 11.3 Å². The van der Waals surface area contributed by atoms with Gasteiger partial charge in [0, 0.05) is 16.6 Å². The first-order valence-electron chi connectivity index (χ1n) is 8.91. The fourth-order valence-electron chi connectivity index (χ4n) is 2.90. The summed E-state index contributed by atoms with van der Waals surface area (Å²) in [5, 5.41) is 15.4. The number of nitrogens with zero attached hydrogens (tertiary/aromatic N) is 3. The summed E-state index contributed by atoms with van der Waals surface area (Å²) in [6.07, 6.45) is 1.54. The Kier molecular flexibility index (Phi) is 5.56. The van der Waals surface area contributed by atoms with Gasteiger partial charge in [-0.05, 0) is 30.7 Å². The van der Waals surface area contributed by atoms with Gasteiger partial charge in [0.2, 0.25) is 5.91 Å². The summed E-state index contributed by atoms with van der Waals surface area (Å²) in [6.45, 7) is 1.84. The second kappa shape index (κ2) is 8.43. The van der Waals surface area contributed by atoms with Crippen molar-refractivity contribution in [3.63, 3.8) is 0 Å². The summed E-state index contributed by atoms with van der Waals surface area (Å²) in [6, 6.07) is 19.1. The molecule has 29 heavy (non-hydrogen) atoms. The molecule has 2 aromatic carbocycles. The average Bonchev–Trinajstić information content (AvgIpc) is 3.19. The number of carbonyl (C=O) groups excluding carboxylic acids is 1. The number of nitriles is 1. The van der Waals surface area contributed by atoms with Crippen LogP contribution in [0, 0.1) is 11.3 Å². The van der Waals surface area contributed by atoms with Crippen molar-refractivity contribution in [2.24, 2.45) is 0 Å². The third kappa shape index (κ3) is 4.14. The van der Waals surface area contributed by atoms with Crippen molar-refractivity contribution >= 4 is 44.9 Å². The Morgan fingerprint density at radius 3 is 2.79 bits per heavy atom. The molecule has 0 aliphatic rings. The second-order valence-electron chi connectivity index (χ2n) is 6.32. The second-order valence-corrected chi connectivity index (χ2v) is 8.50. The molecule has 1 unspecified atom stereocenters. The van der Waals surface area contributed by atoms with Gasteiger partial charge in [0.05, 0.1) is 22.3 Å². The molecule has 1 atom stereocenters. The first-order valence-corrected chi connectivity index (χ1v) is 10.7. The van der Waals surface area contributed by atoms with Crippen molar-refractivity contribution in [2.45, 2.75) is 17.2 Å². The van der Waals surface area contributed by atoms with Crippen molar-refractivity contribution < 1.29 is 4.79 Å². The van der Waals surface area contributed by atoms with Crippen molar-refractivity contribution in [2.75, 3.05) is 5.32 Å². The summed E-state index contributed by atoms with van der Waals surface area (Å²) in [4.78, 5) is 22.4. The number of nitrogens with one attached hydrogen (secondary N) is 1. The van der Waals surface area contributed by atoms with Crippen LogP contribution in [0.4, 0.5) is 5.69 Å². The molecule has 0 fully saturated rings. The fourth-order valence-corrected chi connectivity index (χ4v) is 4.81. The average molecular weight is 417 g/mol. The van der Waals surface area contributed by atoms with Crippen LogP contribution >= 0.6 is 23.1 Å². The van der Waals surface area contributed by atoms with Gasteiger partial charge in [-0.15, -0.1) is 11.3 Å². The molecule has 0 radical (unpaired) electrons. The predicted molar refractivity (Wildman–Crippen MR) is 118 cm³/mol. The Labute approximate surface area is 176 Å².